The van der Waals surface area contributed by atoms with E-state index < -0.39 is 6.29 Å². The monoisotopic (exact) mass is 427 g/mol. The summed E-state index contributed by atoms with van der Waals surface area (Å²) in [4.78, 5) is 14.8. The summed E-state index contributed by atoms with van der Waals surface area (Å²) >= 11 is 6.04. The predicted molar refractivity (Wildman–Crippen MR) is 115 cm³/mol. The van der Waals surface area contributed by atoms with E-state index >= 15 is 0 Å². The van der Waals surface area contributed by atoms with Crippen LogP contribution in [0.25, 0.3) is 0 Å². The van der Waals surface area contributed by atoms with E-state index in [0.717, 1.165) is 42.6 Å². The first-order chi connectivity index (χ1) is 14.6. The van der Waals surface area contributed by atoms with Gasteiger partial charge in [0, 0.05) is 30.5 Å². The van der Waals surface area contributed by atoms with Crippen molar-refractivity contribution in [1.29, 1.82) is 0 Å². The van der Waals surface area contributed by atoms with Crippen LogP contribution in [0.5, 0.6) is 0 Å². The molecule has 1 fully saturated rings. The second-order valence-electron chi connectivity index (χ2n) is 7.76. The van der Waals surface area contributed by atoms with Crippen molar-refractivity contribution in [3.63, 3.8) is 0 Å². The lowest BCUT2D eigenvalue weighted by Crippen LogP contribution is -2.34. The Bertz CT molecular complexity index is 888. The molecule has 0 aliphatic carbocycles. The van der Waals surface area contributed by atoms with Gasteiger partial charge in [0.25, 0.3) is 5.91 Å². The summed E-state index contributed by atoms with van der Waals surface area (Å²) in [6.45, 7) is 1.93. The van der Waals surface area contributed by atoms with Crippen LogP contribution in [-0.4, -0.2) is 35.3 Å². The molecule has 2 aliphatic heterocycles. The molecule has 2 aromatic rings. The van der Waals surface area contributed by atoms with Crippen molar-refractivity contribution in [2.45, 2.75) is 44.7 Å². The van der Waals surface area contributed by atoms with Gasteiger partial charge in [-0.25, -0.2) is 0 Å². The number of allylic oxidation sites excluding steroid dienone is 1. The third-order valence-electron chi connectivity index (χ3n) is 5.60. The number of carbonyl (C=O) groups is 1. The predicted octanol–water partition coefficient (Wildman–Crippen LogP) is 4.39. The zero-order chi connectivity index (χ0) is 20.9. The van der Waals surface area contributed by atoms with Crippen molar-refractivity contribution in [2.75, 3.05) is 13.1 Å². The summed E-state index contributed by atoms with van der Waals surface area (Å²) in [6.07, 6.45) is 4.08. The molecule has 0 unspecified atom stereocenters. The van der Waals surface area contributed by atoms with E-state index in [1.165, 1.54) is 0 Å². The quantitative estimate of drug-likeness (QED) is 0.743. The first kappa shape index (κ1) is 20.9. The summed E-state index contributed by atoms with van der Waals surface area (Å²) in [5.74, 6) is 0.315. The smallest absolute Gasteiger partial charge is 0.288 e. The van der Waals surface area contributed by atoms with E-state index in [4.69, 9.17) is 21.1 Å². The SMILES string of the molecule is O=C(C1=C[C@@H](c2ccc(Cl)cc2)C[C@@H](OCc2ccc(CO)cc2)O1)N1CCCC1. The van der Waals surface area contributed by atoms with Gasteiger partial charge in [-0.1, -0.05) is 48.0 Å². The average Bonchev–Trinajstić information content (AvgIpc) is 3.33. The first-order valence-corrected chi connectivity index (χ1v) is 10.7. The Hall–Kier alpha value is -2.34. The number of halogens is 1. The van der Waals surface area contributed by atoms with Gasteiger partial charge in [0.05, 0.1) is 13.2 Å². The van der Waals surface area contributed by atoms with Crippen LogP contribution in [0.1, 0.15) is 41.9 Å². The zero-order valence-electron chi connectivity index (χ0n) is 16.8. The Morgan fingerprint density at radius 3 is 2.40 bits per heavy atom. The Balaban J connectivity index is 1.49. The first-order valence-electron chi connectivity index (χ1n) is 10.4. The van der Waals surface area contributed by atoms with E-state index in [1.807, 2.05) is 59.5 Å². The van der Waals surface area contributed by atoms with Gasteiger partial charge < -0.3 is 19.5 Å². The third-order valence-corrected chi connectivity index (χ3v) is 5.85. The maximum absolute atomic E-state index is 13.0. The number of hydrogen-bond acceptors (Lipinski definition) is 4. The summed E-state index contributed by atoms with van der Waals surface area (Å²) in [5.41, 5.74) is 2.92. The van der Waals surface area contributed by atoms with Gasteiger partial charge in [0.1, 0.15) is 0 Å². The van der Waals surface area contributed by atoms with Crippen molar-refractivity contribution in [2.24, 2.45) is 0 Å². The number of benzene rings is 2. The van der Waals surface area contributed by atoms with E-state index in [1.54, 1.807) is 0 Å². The van der Waals surface area contributed by atoms with Crippen LogP contribution in [-0.2, 0) is 27.5 Å². The van der Waals surface area contributed by atoms with E-state index in [2.05, 4.69) is 0 Å². The Labute approximate surface area is 181 Å². The van der Waals surface area contributed by atoms with Crippen molar-refractivity contribution in [3.05, 3.63) is 82.1 Å². The van der Waals surface area contributed by atoms with Gasteiger partial charge in [0.15, 0.2) is 5.76 Å². The van der Waals surface area contributed by atoms with Gasteiger partial charge in [-0.05, 0) is 47.7 Å². The molecule has 0 bridgehead atoms. The number of hydrogen-bond donors (Lipinski definition) is 1. The highest BCUT2D eigenvalue weighted by molar-refractivity contribution is 6.30. The molecule has 0 radical (unpaired) electrons. The minimum atomic E-state index is -0.519. The second kappa shape index (κ2) is 9.65. The van der Waals surface area contributed by atoms with Crippen LogP contribution in [0.4, 0.5) is 0 Å². The fourth-order valence-corrected chi connectivity index (χ4v) is 3.99. The number of carbonyl (C=O) groups excluding carboxylic acids is 1. The number of likely N-dealkylation sites (tertiary alicyclic amines) is 1. The highest BCUT2D eigenvalue weighted by Gasteiger charge is 2.31. The largest absolute Gasteiger partial charge is 0.459 e. The van der Waals surface area contributed by atoms with Crippen LogP contribution in [0.15, 0.2) is 60.4 Å². The van der Waals surface area contributed by atoms with Crippen LogP contribution >= 0.6 is 11.6 Å². The van der Waals surface area contributed by atoms with Gasteiger partial charge in [-0.2, -0.15) is 0 Å². The topological polar surface area (TPSA) is 59.0 Å². The highest BCUT2D eigenvalue weighted by Crippen LogP contribution is 2.33. The fraction of sp³-hybridized carbons (Fsp3) is 0.375. The van der Waals surface area contributed by atoms with Crippen LogP contribution in [0, 0.1) is 0 Å². The van der Waals surface area contributed by atoms with Crippen molar-refractivity contribution >= 4 is 17.5 Å². The number of nitrogens with zero attached hydrogens (tertiary/aromatic N) is 1. The number of ether oxygens (including phenoxy) is 2. The van der Waals surface area contributed by atoms with Gasteiger partial charge in [-0.15, -0.1) is 0 Å². The molecule has 0 spiro atoms. The molecule has 1 saturated heterocycles. The van der Waals surface area contributed by atoms with Crippen molar-refractivity contribution in [1.82, 2.24) is 4.90 Å². The standard InChI is InChI=1S/C24H26ClNO4/c25-21-9-7-19(8-10-21)20-13-22(24(28)26-11-1-2-12-26)30-23(14-20)29-16-18-5-3-17(15-27)4-6-18/h3-10,13,20,23,27H,1-2,11-12,14-16H2/t20-,23+/m1/s1. The number of aliphatic hydroxyl groups excluding tert-OH is 1. The molecule has 4 rings (SSSR count). The molecule has 158 valence electrons. The summed E-state index contributed by atoms with van der Waals surface area (Å²) in [5, 5.41) is 9.87. The van der Waals surface area contributed by atoms with Gasteiger partial charge in [-0.3, -0.25) is 4.79 Å². The number of amides is 1. The highest BCUT2D eigenvalue weighted by atomic mass is 35.5. The van der Waals surface area contributed by atoms with Gasteiger partial charge >= 0.3 is 0 Å². The van der Waals surface area contributed by atoms with E-state index in [-0.39, 0.29) is 18.4 Å². The maximum Gasteiger partial charge on any atom is 0.288 e. The summed E-state index contributed by atoms with van der Waals surface area (Å²) in [6, 6.07) is 15.3. The molecule has 30 heavy (non-hydrogen) atoms. The minimum Gasteiger partial charge on any atom is -0.459 e. The van der Waals surface area contributed by atoms with E-state index in [0.29, 0.717) is 23.8 Å². The molecule has 1 amide bonds. The minimum absolute atomic E-state index is 0.0133. The lowest BCUT2D eigenvalue weighted by molar-refractivity contribution is -0.155. The lowest BCUT2D eigenvalue weighted by atomic mass is 9.93. The molecule has 0 aromatic heterocycles. The average molecular weight is 428 g/mol. The second-order valence-corrected chi connectivity index (χ2v) is 8.19. The zero-order valence-corrected chi connectivity index (χ0v) is 17.6. The molecule has 2 heterocycles. The Kier molecular flexibility index (Phi) is 6.72. The molecule has 6 heteroatoms. The number of aliphatic hydroxyl groups is 1. The van der Waals surface area contributed by atoms with Crippen molar-refractivity contribution in [3.8, 4) is 0 Å². The molecule has 1 N–H and O–H groups in total. The molecular weight excluding hydrogens is 402 g/mol. The Morgan fingerprint density at radius 2 is 1.73 bits per heavy atom. The van der Waals surface area contributed by atoms with Crippen LogP contribution in [0.2, 0.25) is 5.02 Å². The summed E-state index contributed by atoms with van der Waals surface area (Å²) in [7, 11) is 0. The molecule has 0 saturated carbocycles. The lowest BCUT2D eigenvalue weighted by Gasteiger charge is -2.31. The molecule has 2 aliphatic rings. The molecule has 2 atom stereocenters. The van der Waals surface area contributed by atoms with Crippen LogP contribution in [0.3, 0.4) is 0 Å². The number of rotatable bonds is 6. The molecular formula is C24H26ClNO4. The van der Waals surface area contributed by atoms with E-state index in [9.17, 15) is 9.90 Å². The maximum atomic E-state index is 13.0. The summed E-state index contributed by atoms with van der Waals surface area (Å²) < 4.78 is 12.0. The fourth-order valence-electron chi connectivity index (χ4n) is 3.86. The molecule has 5 nitrogen and oxygen atoms in total. The van der Waals surface area contributed by atoms with Gasteiger partial charge in [0.2, 0.25) is 6.29 Å². The molecule has 2 aromatic carbocycles. The normalized spacial score (nSPS) is 21.3. The third kappa shape index (κ3) is 5.04. The Morgan fingerprint density at radius 1 is 1.07 bits per heavy atom. The van der Waals surface area contributed by atoms with Crippen molar-refractivity contribution < 1.29 is 19.4 Å². The van der Waals surface area contributed by atoms with Crippen LogP contribution < -0.4 is 0 Å².